The van der Waals surface area contributed by atoms with Crippen molar-refractivity contribution in [2.75, 3.05) is 19.8 Å². The van der Waals surface area contributed by atoms with E-state index in [-0.39, 0.29) is 0 Å². The molecule has 0 amide bonds. The smallest absolute Gasteiger partial charge is 0.177 e. The Labute approximate surface area is 107 Å². The fourth-order valence-corrected chi connectivity index (χ4v) is 2.34. The molecule has 0 saturated carbocycles. The number of halogens is 1. The molecule has 1 unspecified atom stereocenters. The molecule has 0 bridgehead atoms. The number of rotatable bonds is 2. The molecule has 1 saturated heterocycles. The minimum absolute atomic E-state index is 0.341. The van der Waals surface area contributed by atoms with Gasteiger partial charge in [-0.05, 0) is 22.0 Å². The first-order valence-electron chi connectivity index (χ1n) is 5.62. The normalized spacial score (nSPS) is 20.9. The van der Waals surface area contributed by atoms with Gasteiger partial charge in [-0.2, -0.15) is 0 Å². The van der Waals surface area contributed by atoms with Crippen LogP contribution in [0.5, 0.6) is 0 Å². The number of ether oxygens (including phenoxy) is 1. The Morgan fingerprint density at radius 3 is 3.29 bits per heavy atom. The molecule has 0 radical (unpaired) electrons. The Hall–Kier alpha value is -0.980. The van der Waals surface area contributed by atoms with Gasteiger partial charge in [0, 0.05) is 29.7 Å². The molecule has 0 spiro atoms. The SMILES string of the molecule is Brc1cnc2nc(CC3COCCN3)[nH]c2c1. The first kappa shape index (κ1) is 11.1. The Morgan fingerprint density at radius 1 is 1.53 bits per heavy atom. The summed E-state index contributed by atoms with van der Waals surface area (Å²) in [4.78, 5) is 12.0. The topological polar surface area (TPSA) is 62.8 Å². The van der Waals surface area contributed by atoms with E-state index in [1.807, 2.05) is 6.07 Å². The highest BCUT2D eigenvalue weighted by molar-refractivity contribution is 9.10. The Kier molecular flexibility index (Phi) is 3.09. The second-order valence-corrected chi connectivity index (χ2v) is 5.05. The van der Waals surface area contributed by atoms with Gasteiger partial charge in [0.25, 0.3) is 0 Å². The first-order valence-corrected chi connectivity index (χ1v) is 6.42. The number of nitrogens with one attached hydrogen (secondary N) is 2. The van der Waals surface area contributed by atoms with Crippen LogP contribution in [0.2, 0.25) is 0 Å². The van der Waals surface area contributed by atoms with Gasteiger partial charge in [0.1, 0.15) is 5.82 Å². The summed E-state index contributed by atoms with van der Waals surface area (Å²) in [6.45, 7) is 2.45. The van der Waals surface area contributed by atoms with E-state index in [9.17, 15) is 0 Å². The van der Waals surface area contributed by atoms with Crippen LogP contribution in [0.25, 0.3) is 11.2 Å². The van der Waals surface area contributed by atoms with Gasteiger partial charge in [-0.25, -0.2) is 9.97 Å². The van der Waals surface area contributed by atoms with Crippen LogP contribution >= 0.6 is 15.9 Å². The quantitative estimate of drug-likeness (QED) is 0.876. The summed E-state index contributed by atoms with van der Waals surface area (Å²) < 4.78 is 6.38. The number of aromatic nitrogens is 3. The monoisotopic (exact) mass is 296 g/mol. The van der Waals surface area contributed by atoms with Crippen molar-refractivity contribution in [2.24, 2.45) is 0 Å². The van der Waals surface area contributed by atoms with Crippen molar-refractivity contribution in [2.45, 2.75) is 12.5 Å². The van der Waals surface area contributed by atoms with Crippen LogP contribution in [0.1, 0.15) is 5.82 Å². The molecule has 17 heavy (non-hydrogen) atoms. The van der Waals surface area contributed by atoms with E-state index in [1.54, 1.807) is 6.20 Å². The number of hydrogen-bond donors (Lipinski definition) is 2. The van der Waals surface area contributed by atoms with E-state index >= 15 is 0 Å². The molecule has 0 aromatic carbocycles. The molecule has 1 atom stereocenters. The van der Waals surface area contributed by atoms with Crippen LogP contribution in [-0.2, 0) is 11.2 Å². The van der Waals surface area contributed by atoms with E-state index in [0.717, 1.165) is 47.6 Å². The molecule has 3 heterocycles. The Bertz CT molecular complexity index is 521. The number of H-pyrrole nitrogens is 1. The van der Waals surface area contributed by atoms with Crippen molar-refractivity contribution in [1.29, 1.82) is 0 Å². The third kappa shape index (κ3) is 2.48. The zero-order chi connectivity index (χ0) is 11.7. The highest BCUT2D eigenvalue weighted by Crippen LogP contribution is 2.15. The molecule has 2 aromatic heterocycles. The van der Waals surface area contributed by atoms with Crippen LogP contribution in [0.4, 0.5) is 0 Å². The number of hydrogen-bond acceptors (Lipinski definition) is 4. The second-order valence-electron chi connectivity index (χ2n) is 4.14. The van der Waals surface area contributed by atoms with E-state index in [2.05, 4.69) is 36.2 Å². The lowest BCUT2D eigenvalue weighted by Gasteiger charge is -2.22. The predicted molar refractivity (Wildman–Crippen MR) is 67.9 cm³/mol. The third-order valence-electron chi connectivity index (χ3n) is 2.79. The standard InChI is InChI=1S/C11H13BrN4O/c12-7-3-9-11(14-5-7)16-10(15-9)4-8-6-17-2-1-13-8/h3,5,8,13H,1-2,4,6H2,(H,14,15,16). The highest BCUT2D eigenvalue weighted by Gasteiger charge is 2.15. The fourth-order valence-electron chi connectivity index (χ4n) is 2.01. The summed E-state index contributed by atoms with van der Waals surface area (Å²) in [5.41, 5.74) is 1.73. The zero-order valence-electron chi connectivity index (χ0n) is 9.24. The molecule has 1 aliphatic heterocycles. The third-order valence-corrected chi connectivity index (χ3v) is 3.22. The molecular weight excluding hydrogens is 284 g/mol. The summed E-state index contributed by atoms with van der Waals surface area (Å²) in [5.74, 6) is 0.952. The first-order chi connectivity index (χ1) is 8.31. The molecule has 1 aliphatic rings. The number of nitrogens with zero attached hydrogens (tertiary/aromatic N) is 2. The van der Waals surface area contributed by atoms with E-state index in [1.165, 1.54) is 0 Å². The summed E-state index contributed by atoms with van der Waals surface area (Å²) in [7, 11) is 0. The minimum Gasteiger partial charge on any atom is -0.379 e. The Balaban J connectivity index is 1.80. The predicted octanol–water partition coefficient (Wildman–Crippen LogP) is 1.25. The lowest BCUT2D eigenvalue weighted by molar-refractivity contribution is 0.0765. The average Bonchev–Trinajstić information content (AvgIpc) is 2.71. The average molecular weight is 297 g/mol. The van der Waals surface area contributed by atoms with Crippen molar-refractivity contribution in [3.63, 3.8) is 0 Å². The lowest BCUT2D eigenvalue weighted by Crippen LogP contribution is -2.42. The molecule has 2 aromatic rings. The molecule has 3 rings (SSSR count). The summed E-state index contributed by atoms with van der Waals surface area (Å²) in [6, 6.07) is 2.33. The van der Waals surface area contributed by atoms with Crippen LogP contribution in [0.15, 0.2) is 16.7 Å². The van der Waals surface area contributed by atoms with Gasteiger partial charge in [-0.15, -0.1) is 0 Å². The van der Waals surface area contributed by atoms with Crippen LogP contribution in [0, 0.1) is 0 Å². The van der Waals surface area contributed by atoms with Crippen molar-refractivity contribution in [3.05, 3.63) is 22.6 Å². The van der Waals surface area contributed by atoms with E-state index in [0.29, 0.717) is 6.04 Å². The molecule has 90 valence electrons. The van der Waals surface area contributed by atoms with Gasteiger partial charge in [-0.3, -0.25) is 0 Å². The van der Waals surface area contributed by atoms with E-state index in [4.69, 9.17) is 4.74 Å². The number of aromatic amines is 1. The minimum atomic E-state index is 0.341. The van der Waals surface area contributed by atoms with Gasteiger partial charge < -0.3 is 15.0 Å². The van der Waals surface area contributed by atoms with Crippen LogP contribution < -0.4 is 5.32 Å². The Morgan fingerprint density at radius 2 is 2.47 bits per heavy atom. The van der Waals surface area contributed by atoms with Gasteiger partial charge in [0.05, 0.1) is 18.7 Å². The molecule has 6 heteroatoms. The van der Waals surface area contributed by atoms with Gasteiger partial charge in [0.15, 0.2) is 5.65 Å². The fraction of sp³-hybridized carbons (Fsp3) is 0.455. The number of morpholine rings is 1. The maximum atomic E-state index is 5.42. The number of pyridine rings is 1. The van der Waals surface area contributed by atoms with Crippen LogP contribution in [-0.4, -0.2) is 40.8 Å². The molecular formula is C11H13BrN4O. The summed E-state index contributed by atoms with van der Waals surface area (Å²) in [6.07, 6.45) is 2.60. The van der Waals surface area contributed by atoms with Crippen molar-refractivity contribution in [3.8, 4) is 0 Å². The van der Waals surface area contributed by atoms with Gasteiger partial charge in [0.2, 0.25) is 0 Å². The van der Waals surface area contributed by atoms with Crippen molar-refractivity contribution >= 4 is 27.1 Å². The molecule has 5 nitrogen and oxygen atoms in total. The zero-order valence-corrected chi connectivity index (χ0v) is 10.8. The maximum Gasteiger partial charge on any atom is 0.177 e. The van der Waals surface area contributed by atoms with Gasteiger partial charge >= 0.3 is 0 Å². The number of fused-ring (bicyclic) bond motifs is 1. The second kappa shape index (κ2) is 4.72. The van der Waals surface area contributed by atoms with Crippen LogP contribution in [0.3, 0.4) is 0 Å². The van der Waals surface area contributed by atoms with E-state index < -0.39 is 0 Å². The number of imidazole rings is 1. The largest absolute Gasteiger partial charge is 0.379 e. The molecule has 1 fully saturated rings. The lowest BCUT2D eigenvalue weighted by atomic mass is 10.2. The molecule has 2 N–H and O–H groups in total. The van der Waals surface area contributed by atoms with Gasteiger partial charge in [-0.1, -0.05) is 0 Å². The van der Waals surface area contributed by atoms with Crippen molar-refractivity contribution < 1.29 is 4.74 Å². The summed E-state index contributed by atoms with van der Waals surface area (Å²) >= 11 is 3.40. The molecule has 0 aliphatic carbocycles. The van der Waals surface area contributed by atoms with Crippen molar-refractivity contribution in [1.82, 2.24) is 20.3 Å². The maximum absolute atomic E-state index is 5.42. The summed E-state index contributed by atoms with van der Waals surface area (Å²) in [5, 5.41) is 3.41. The highest BCUT2D eigenvalue weighted by atomic mass is 79.9.